The maximum atomic E-state index is 5.76. The van der Waals surface area contributed by atoms with Crippen LogP contribution in [0.2, 0.25) is 0 Å². The Hall–Kier alpha value is -0.0800. The van der Waals surface area contributed by atoms with Gasteiger partial charge in [0.25, 0.3) is 0 Å². The summed E-state index contributed by atoms with van der Waals surface area (Å²) in [5.41, 5.74) is 12.1. The Morgan fingerprint density at radius 3 is 2.36 bits per heavy atom. The normalized spacial score (nSPS) is 41.6. The van der Waals surface area contributed by atoms with Crippen LogP contribution in [-0.4, -0.2) is 13.1 Å². The molecule has 0 aliphatic heterocycles. The molecule has 0 aromatic rings. The van der Waals surface area contributed by atoms with Crippen LogP contribution < -0.4 is 11.5 Å². The van der Waals surface area contributed by atoms with Crippen LogP contribution in [0.1, 0.15) is 44.9 Å². The summed E-state index contributed by atoms with van der Waals surface area (Å²) in [6.07, 6.45) is 9.69. The first-order valence-corrected chi connectivity index (χ1v) is 6.21. The minimum Gasteiger partial charge on any atom is -0.330 e. The molecule has 3 saturated carbocycles. The molecule has 0 radical (unpaired) electrons. The Balaban J connectivity index is 2.07. The van der Waals surface area contributed by atoms with Gasteiger partial charge in [0.05, 0.1) is 0 Å². The van der Waals surface area contributed by atoms with E-state index in [1.165, 1.54) is 44.9 Å². The molecule has 0 heterocycles. The van der Waals surface area contributed by atoms with E-state index in [0.717, 1.165) is 24.9 Å². The van der Waals surface area contributed by atoms with Crippen molar-refractivity contribution >= 4 is 0 Å². The molecule has 0 spiro atoms. The highest BCUT2D eigenvalue weighted by molar-refractivity contribution is 4.97. The van der Waals surface area contributed by atoms with Crippen LogP contribution in [0.5, 0.6) is 0 Å². The number of fused-ring (bicyclic) bond motifs is 3. The second-order valence-electron chi connectivity index (χ2n) is 5.35. The van der Waals surface area contributed by atoms with Gasteiger partial charge in [0.2, 0.25) is 0 Å². The van der Waals surface area contributed by atoms with Crippen molar-refractivity contribution in [2.45, 2.75) is 44.9 Å². The fourth-order valence-electron chi connectivity index (χ4n) is 3.92. The Bertz CT molecular complexity index is 177. The average molecular weight is 196 g/mol. The first-order valence-electron chi connectivity index (χ1n) is 6.21. The number of rotatable bonds is 4. The molecule has 0 aromatic carbocycles. The predicted octanol–water partition coefficient (Wildman–Crippen LogP) is 1.88. The third-order valence-corrected chi connectivity index (χ3v) is 4.74. The summed E-state index contributed by atoms with van der Waals surface area (Å²) in [6.45, 7) is 1.73. The summed E-state index contributed by atoms with van der Waals surface area (Å²) < 4.78 is 0. The van der Waals surface area contributed by atoms with Gasteiger partial charge in [-0.1, -0.05) is 0 Å². The minimum absolute atomic E-state index is 0.600. The number of nitrogens with two attached hydrogens (primary N) is 2. The van der Waals surface area contributed by atoms with Gasteiger partial charge < -0.3 is 11.5 Å². The highest BCUT2D eigenvalue weighted by Crippen LogP contribution is 2.56. The largest absolute Gasteiger partial charge is 0.330 e. The lowest BCUT2D eigenvalue weighted by atomic mass is 9.53. The third kappa shape index (κ3) is 1.70. The van der Waals surface area contributed by atoms with Gasteiger partial charge in [-0.3, -0.25) is 0 Å². The fourth-order valence-corrected chi connectivity index (χ4v) is 3.92. The van der Waals surface area contributed by atoms with Crippen LogP contribution in [0.15, 0.2) is 0 Å². The molecule has 1 unspecified atom stereocenters. The molecule has 2 nitrogen and oxygen atoms in total. The van der Waals surface area contributed by atoms with Crippen molar-refractivity contribution in [2.75, 3.05) is 13.1 Å². The Morgan fingerprint density at radius 2 is 1.79 bits per heavy atom. The summed E-state index contributed by atoms with van der Waals surface area (Å²) in [5, 5.41) is 0. The molecule has 3 aliphatic rings. The molecular formula is C12H24N2. The van der Waals surface area contributed by atoms with Crippen molar-refractivity contribution in [2.24, 2.45) is 28.7 Å². The van der Waals surface area contributed by atoms with Crippen molar-refractivity contribution in [3.8, 4) is 0 Å². The average Bonchev–Trinajstić information content (AvgIpc) is 2.21. The van der Waals surface area contributed by atoms with Gasteiger partial charge in [-0.2, -0.15) is 0 Å². The van der Waals surface area contributed by atoms with Gasteiger partial charge >= 0.3 is 0 Å². The summed E-state index contributed by atoms with van der Waals surface area (Å²) in [5.74, 6) is 1.91. The van der Waals surface area contributed by atoms with E-state index < -0.39 is 0 Å². The van der Waals surface area contributed by atoms with Gasteiger partial charge in [0, 0.05) is 0 Å². The van der Waals surface area contributed by atoms with Gasteiger partial charge in [0.1, 0.15) is 0 Å². The van der Waals surface area contributed by atoms with E-state index in [2.05, 4.69) is 0 Å². The second kappa shape index (κ2) is 4.19. The molecule has 2 bridgehead atoms. The second-order valence-corrected chi connectivity index (χ2v) is 5.35. The molecule has 3 fully saturated rings. The highest BCUT2D eigenvalue weighted by Gasteiger charge is 2.46. The van der Waals surface area contributed by atoms with Gasteiger partial charge in [0.15, 0.2) is 0 Å². The molecule has 4 N–H and O–H groups in total. The van der Waals surface area contributed by atoms with E-state index in [-0.39, 0.29) is 0 Å². The van der Waals surface area contributed by atoms with Crippen LogP contribution >= 0.6 is 0 Å². The molecule has 1 atom stereocenters. The Morgan fingerprint density at radius 1 is 1.07 bits per heavy atom. The summed E-state index contributed by atoms with van der Waals surface area (Å²) in [6, 6.07) is 0. The summed E-state index contributed by atoms with van der Waals surface area (Å²) >= 11 is 0. The zero-order chi connectivity index (χ0) is 10.0. The van der Waals surface area contributed by atoms with Crippen molar-refractivity contribution < 1.29 is 0 Å². The molecule has 14 heavy (non-hydrogen) atoms. The molecule has 0 saturated heterocycles. The molecule has 0 aromatic heterocycles. The monoisotopic (exact) mass is 196 g/mol. The van der Waals surface area contributed by atoms with E-state index in [4.69, 9.17) is 11.5 Å². The van der Waals surface area contributed by atoms with Crippen molar-refractivity contribution in [1.29, 1.82) is 0 Å². The lowest BCUT2D eigenvalue weighted by Gasteiger charge is -2.52. The first-order chi connectivity index (χ1) is 6.80. The standard InChI is InChI=1S/C12H24N2/c13-7-3-11-9-10-1-4-12(11,5-2-10)6-8-14/h10-11H,1-9,13-14H2. The Kier molecular flexibility index (Phi) is 3.13. The molecule has 2 heteroatoms. The molecule has 3 aliphatic carbocycles. The van der Waals surface area contributed by atoms with Crippen LogP contribution in [-0.2, 0) is 0 Å². The zero-order valence-electron chi connectivity index (χ0n) is 9.17. The SMILES string of the molecule is NCCC1CC2CCC1(CCN)CC2. The zero-order valence-corrected chi connectivity index (χ0v) is 9.17. The quantitative estimate of drug-likeness (QED) is 0.721. The maximum Gasteiger partial charge on any atom is -0.00719 e. The summed E-state index contributed by atoms with van der Waals surface area (Å²) in [7, 11) is 0. The van der Waals surface area contributed by atoms with Crippen LogP contribution in [0.25, 0.3) is 0 Å². The van der Waals surface area contributed by atoms with Gasteiger partial charge in [-0.25, -0.2) is 0 Å². The maximum absolute atomic E-state index is 5.76. The molecule has 3 rings (SSSR count). The van der Waals surface area contributed by atoms with E-state index in [1.54, 1.807) is 0 Å². The predicted molar refractivity (Wildman–Crippen MR) is 59.8 cm³/mol. The molecule has 0 amide bonds. The summed E-state index contributed by atoms with van der Waals surface area (Å²) in [4.78, 5) is 0. The highest BCUT2D eigenvalue weighted by atomic mass is 14.6. The fraction of sp³-hybridized carbons (Fsp3) is 1.00. The van der Waals surface area contributed by atoms with Gasteiger partial charge in [-0.15, -0.1) is 0 Å². The smallest absolute Gasteiger partial charge is 0.00719 e. The van der Waals surface area contributed by atoms with E-state index in [1.807, 2.05) is 0 Å². The van der Waals surface area contributed by atoms with Crippen LogP contribution in [0, 0.1) is 17.3 Å². The topological polar surface area (TPSA) is 52.0 Å². The van der Waals surface area contributed by atoms with Crippen molar-refractivity contribution in [3.63, 3.8) is 0 Å². The lowest BCUT2D eigenvalue weighted by molar-refractivity contribution is -0.0136. The number of hydrogen-bond acceptors (Lipinski definition) is 2. The minimum atomic E-state index is 0.600. The van der Waals surface area contributed by atoms with Gasteiger partial charge in [-0.05, 0) is 75.3 Å². The lowest BCUT2D eigenvalue weighted by Crippen LogP contribution is -2.44. The molecule has 82 valence electrons. The van der Waals surface area contributed by atoms with E-state index in [0.29, 0.717) is 5.41 Å². The molecular weight excluding hydrogens is 172 g/mol. The van der Waals surface area contributed by atoms with Crippen LogP contribution in [0.4, 0.5) is 0 Å². The van der Waals surface area contributed by atoms with E-state index in [9.17, 15) is 0 Å². The Labute approximate surface area is 87.4 Å². The third-order valence-electron chi connectivity index (χ3n) is 4.74. The first kappa shape index (κ1) is 10.4. The van der Waals surface area contributed by atoms with Crippen molar-refractivity contribution in [3.05, 3.63) is 0 Å². The van der Waals surface area contributed by atoms with Crippen LogP contribution in [0.3, 0.4) is 0 Å². The van der Waals surface area contributed by atoms with Crippen molar-refractivity contribution in [1.82, 2.24) is 0 Å². The van der Waals surface area contributed by atoms with E-state index >= 15 is 0 Å². The number of hydrogen-bond donors (Lipinski definition) is 2.